The first-order valence-electron chi connectivity index (χ1n) is 9.40. The zero-order valence-electron chi connectivity index (χ0n) is 14.8. The fraction of sp³-hybridized carbons (Fsp3) is 0.632. The van der Waals surface area contributed by atoms with Crippen LogP contribution in [0.2, 0.25) is 0 Å². The molecule has 0 atom stereocenters. The second kappa shape index (κ2) is 9.63. The first kappa shape index (κ1) is 18.0. The number of carbonyl (C=O) groups is 1. The maximum absolute atomic E-state index is 12.0. The number of nitrogens with one attached hydrogen (secondary N) is 2. The van der Waals surface area contributed by atoms with Crippen LogP contribution in [0.3, 0.4) is 0 Å². The van der Waals surface area contributed by atoms with Crippen LogP contribution in [0, 0.1) is 0 Å². The molecule has 1 aromatic rings. The third-order valence-electron chi connectivity index (χ3n) is 4.74. The number of ether oxygens (including phenoxy) is 2. The van der Waals surface area contributed by atoms with E-state index in [1.165, 1.54) is 25.7 Å². The lowest BCUT2D eigenvalue weighted by Crippen LogP contribution is -2.36. The number of carbonyl (C=O) groups excluding carboxylic acids is 1. The van der Waals surface area contributed by atoms with E-state index < -0.39 is 0 Å². The number of nitrogens with zero attached hydrogens (tertiary/aromatic N) is 1. The molecule has 2 N–H and O–H groups in total. The molecule has 1 saturated heterocycles. The summed E-state index contributed by atoms with van der Waals surface area (Å²) in [5.41, 5.74) is 1.93. The van der Waals surface area contributed by atoms with E-state index in [2.05, 4.69) is 21.6 Å². The van der Waals surface area contributed by atoms with E-state index in [4.69, 9.17) is 9.47 Å². The van der Waals surface area contributed by atoms with Gasteiger partial charge in [0.2, 0.25) is 0 Å². The molecule has 138 valence electrons. The standard InChI is InChI=1S/C19H29N3O3/c23-19(20-9-4-12-25-18-7-1-2-8-18)21-16-5-3-6-17(15-16)22-10-13-24-14-11-22/h3,5-6,15,18H,1-2,4,7-14H2,(H2,20,21,23). The summed E-state index contributed by atoms with van der Waals surface area (Å²) in [6, 6.07) is 7.78. The van der Waals surface area contributed by atoms with E-state index in [-0.39, 0.29) is 6.03 Å². The van der Waals surface area contributed by atoms with E-state index >= 15 is 0 Å². The van der Waals surface area contributed by atoms with Crippen LogP contribution in [0.15, 0.2) is 24.3 Å². The van der Waals surface area contributed by atoms with Gasteiger partial charge in [-0.3, -0.25) is 0 Å². The molecule has 1 aromatic carbocycles. The van der Waals surface area contributed by atoms with Crippen LogP contribution in [-0.2, 0) is 9.47 Å². The van der Waals surface area contributed by atoms with Crippen molar-refractivity contribution < 1.29 is 14.3 Å². The topological polar surface area (TPSA) is 62.8 Å². The molecule has 6 nitrogen and oxygen atoms in total. The zero-order chi connectivity index (χ0) is 17.3. The smallest absolute Gasteiger partial charge is 0.319 e. The number of anilines is 2. The molecule has 1 saturated carbocycles. The van der Waals surface area contributed by atoms with Crippen molar-refractivity contribution in [1.29, 1.82) is 0 Å². The molecule has 0 unspecified atom stereocenters. The highest BCUT2D eigenvalue weighted by molar-refractivity contribution is 5.89. The summed E-state index contributed by atoms with van der Waals surface area (Å²) in [5.74, 6) is 0. The molecule has 0 aromatic heterocycles. The van der Waals surface area contributed by atoms with Crippen molar-refractivity contribution >= 4 is 17.4 Å². The molecule has 2 amide bonds. The fourth-order valence-corrected chi connectivity index (χ4v) is 3.36. The van der Waals surface area contributed by atoms with E-state index in [1.54, 1.807) is 0 Å². The minimum atomic E-state index is -0.167. The predicted molar refractivity (Wildman–Crippen MR) is 99.3 cm³/mol. The van der Waals surface area contributed by atoms with Crippen LogP contribution >= 0.6 is 0 Å². The van der Waals surface area contributed by atoms with Gasteiger partial charge in [0.25, 0.3) is 0 Å². The Hall–Kier alpha value is -1.79. The van der Waals surface area contributed by atoms with Gasteiger partial charge in [-0.1, -0.05) is 18.9 Å². The second-order valence-electron chi connectivity index (χ2n) is 6.66. The summed E-state index contributed by atoms with van der Waals surface area (Å²) in [7, 11) is 0. The molecule has 0 spiro atoms. The number of rotatable bonds is 7. The average Bonchev–Trinajstić information content (AvgIpc) is 3.16. The number of morpholine rings is 1. The minimum absolute atomic E-state index is 0.167. The fourth-order valence-electron chi connectivity index (χ4n) is 3.36. The number of amides is 2. The second-order valence-corrected chi connectivity index (χ2v) is 6.66. The number of hydrogen-bond donors (Lipinski definition) is 2. The van der Waals surface area contributed by atoms with Gasteiger partial charge < -0.3 is 25.0 Å². The Bertz CT molecular complexity index is 540. The summed E-state index contributed by atoms with van der Waals surface area (Å²) in [6.45, 7) is 4.62. The summed E-state index contributed by atoms with van der Waals surface area (Å²) in [6.07, 6.45) is 6.24. The van der Waals surface area contributed by atoms with Gasteiger partial charge in [-0.15, -0.1) is 0 Å². The Morgan fingerprint density at radius 2 is 2.04 bits per heavy atom. The maximum Gasteiger partial charge on any atom is 0.319 e. The number of hydrogen-bond acceptors (Lipinski definition) is 4. The Labute approximate surface area is 149 Å². The Morgan fingerprint density at radius 3 is 2.84 bits per heavy atom. The van der Waals surface area contributed by atoms with Crippen LogP contribution in [0.5, 0.6) is 0 Å². The van der Waals surface area contributed by atoms with Gasteiger partial charge in [0.1, 0.15) is 0 Å². The monoisotopic (exact) mass is 347 g/mol. The molecule has 1 aliphatic carbocycles. The lowest BCUT2D eigenvalue weighted by atomic mass is 10.2. The summed E-state index contributed by atoms with van der Waals surface area (Å²) in [5, 5.41) is 5.80. The zero-order valence-corrected chi connectivity index (χ0v) is 14.8. The van der Waals surface area contributed by atoms with Gasteiger partial charge >= 0.3 is 6.03 Å². The van der Waals surface area contributed by atoms with Crippen molar-refractivity contribution in [2.75, 3.05) is 49.7 Å². The SMILES string of the molecule is O=C(NCCCOC1CCCC1)Nc1cccc(N2CCOCC2)c1. The highest BCUT2D eigenvalue weighted by Crippen LogP contribution is 2.21. The summed E-state index contributed by atoms with van der Waals surface area (Å²) >= 11 is 0. The predicted octanol–water partition coefficient (Wildman–Crippen LogP) is 2.99. The normalized spacial score (nSPS) is 18.3. The van der Waals surface area contributed by atoms with Crippen LogP contribution in [0.25, 0.3) is 0 Å². The molecule has 2 aliphatic rings. The third-order valence-corrected chi connectivity index (χ3v) is 4.74. The molecule has 25 heavy (non-hydrogen) atoms. The molecule has 1 heterocycles. The molecular weight excluding hydrogens is 318 g/mol. The van der Waals surface area contributed by atoms with Crippen LogP contribution in [0.4, 0.5) is 16.2 Å². The van der Waals surface area contributed by atoms with Gasteiger partial charge in [0.05, 0.1) is 19.3 Å². The molecule has 3 rings (SSSR count). The summed E-state index contributed by atoms with van der Waals surface area (Å²) in [4.78, 5) is 14.3. The van der Waals surface area contributed by atoms with Gasteiger partial charge in [0, 0.05) is 37.6 Å². The van der Waals surface area contributed by atoms with Crippen molar-refractivity contribution in [3.63, 3.8) is 0 Å². The molecule has 1 aliphatic heterocycles. The van der Waals surface area contributed by atoms with Crippen molar-refractivity contribution in [3.05, 3.63) is 24.3 Å². The van der Waals surface area contributed by atoms with E-state index in [9.17, 15) is 4.79 Å². The van der Waals surface area contributed by atoms with Crippen LogP contribution in [0.1, 0.15) is 32.1 Å². The van der Waals surface area contributed by atoms with Gasteiger partial charge in [0.15, 0.2) is 0 Å². The summed E-state index contributed by atoms with van der Waals surface area (Å²) < 4.78 is 11.2. The van der Waals surface area contributed by atoms with E-state index in [0.717, 1.165) is 50.7 Å². The third kappa shape index (κ3) is 5.90. The quantitative estimate of drug-likeness (QED) is 0.745. The number of benzene rings is 1. The lowest BCUT2D eigenvalue weighted by molar-refractivity contribution is 0.0572. The molecular formula is C19H29N3O3. The van der Waals surface area contributed by atoms with Crippen molar-refractivity contribution in [2.45, 2.75) is 38.2 Å². The first-order valence-corrected chi connectivity index (χ1v) is 9.40. The van der Waals surface area contributed by atoms with Gasteiger partial charge in [-0.2, -0.15) is 0 Å². The van der Waals surface area contributed by atoms with E-state index in [1.807, 2.05) is 18.2 Å². The van der Waals surface area contributed by atoms with Crippen molar-refractivity contribution in [3.8, 4) is 0 Å². The maximum atomic E-state index is 12.0. The Kier molecular flexibility index (Phi) is 6.94. The van der Waals surface area contributed by atoms with Crippen molar-refractivity contribution in [1.82, 2.24) is 5.32 Å². The van der Waals surface area contributed by atoms with Crippen molar-refractivity contribution in [2.24, 2.45) is 0 Å². The Morgan fingerprint density at radius 1 is 1.24 bits per heavy atom. The van der Waals surface area contributed by atoms with Gasteiger partial charge in [-0.25, -0.2) is 4.79 Å². The minimum Gasteiger partial charge on any atom is -0.378 e. The Balaban J connectivity index is 1.35. The van der Waals surface area contributed by atoms with Gasteiger partial charge in [-0.05, 0) is 37.5 Å². The van der Waals surface area contributed by atoms with Crippen LogP contribution < -0.4 is 15.5 Å². The average molecular weight is 347 g/mol. The highest BCUT2D eigenvalue weighted by Gasteiger charge is 2.15. The highest BCUT2D eigenvalue weighted by atomic mass is 16.5. The molecule has 2 fully saturated rings. The first-order chi connectivity index (χ1) is 12.3. The van der Waals surface area contributed by atoms with E-state index in [0.29, 0.717) is 12.6 Å². The lowest BCUT2D eigenvalue weighted by Gasteiger charge is -2.29. The molecule has 6 heteroatoms. The van der Waals surface area contributed by atoms with Crippen LogP contribution in [-0.4, -0.2) is 51.6 Å². The molecule has 0 radical (unpaired) electrons. The largest absolute Gasteiger partial charge is 0.378 e. The number of urea groups is 1. The molecule has 0 bridgehead atoms.